The zero-order valence-corrected chi connectivity index (χ0v) is 10.3. The zero-order valence-electron chi connectivity index (χ0n) is 8.83. The maximum atomic E-state index is 11.1. The quantitative estimate of drug-likeness (QED) is 0.626. The van der Waals surface area contributed by atoms with Crippen LogP contribution >= 0.6 is 23.2 Å². The third-order valence-electron chi connectivity index (χ3n) is 2.83. The van der Waals surface area contributed by atoms with Crippen LogP contribution in [0.25, 0.3) is 22.0 Å². The van der Waals surface area contributed by atoms with Crippen LogP contribution < -0.4 is 0 Å². The number of halogens is 2. The van der Waals surface area contributed by atoms with Crippen LogP contribution in [0.5, 0.6) is 0 Å². The first kappa shape index (κ1) is 10.7. The van der Waals surface area contributed by atoms with Gasteiger partial charge < -0.3 is 8.98 Å². The SMILES string of the molecule is Cn1c2cc(Cl)ccc2c2oc(C(=O)Cl)cc21. The number of nitrogens with zero attached hydrogens (tertiary/aromatic N) is 1. The lowest BCUT2D eigenvalue weighted by Gasteiger charge is -1.97. The Labute approximate surface area is 107 Å². The van der Waals surface area contributed by atoms with Crippen LogP contribution in [0.15, 0.2) is 28.7 Å². The highest BCUT2D eigenvalue weighted by Crippen LogP contribution is 2.32. The van der Waals surface area contributed by atoms with Gasteiger partial charge in [-0.2, -0.15) is 0 Å². The number of aromatic nitrogens is 1. The van der Waals surface area contributed by atoms with Crippen molar-refractivity contribution in [2.45, 2.75) is 0 Å². The van der Waals surface area contributed by atoms with Gasteiger partial charge in [-0.1, -0.05) is 11.6 Å². The van der Waals surface area contributed by atoms with E-state index in [1.165, 1.54) is 0 Å². The average molecular weight is 268 g/mol. The molecule has 0 aliphatic rings. The fraction of sp³-hybridized carbons (Fsp3) is 0.0833. The second kappa shape index (κ2) is 3.52. The van der Waals surface area contributed by atoms with E-state index in [-0.39, 0.29) is 5.76 Å². The van der Waals surface area contributed by atoms with Crippen molar-refractivity contribution in [3.05, 3.63) is 35.0 Å². The zero-order chi connectivity index (χ0) is 12.2. The van der Waals surface area contributed by atoms with E-state index >= 15 is 0 Å². The fourth-order valence-corrected chi connectivity index (χ4v) is 2.28. The molecule has 5 heteroatoms. The van der Waals surface area contributed by atoms with Gasteiger partial charge in [0.05, 0.1) is 11.0 Å². The normalized spacial score (nSPS) is 11.5. The number of carbonyl (C=O) groups is 1. The Morgan fingerprint density at radius 3 is 2.76 bits per heavy atom. The Kier molecular flexibility index (Phi) is 2.21. The minimum Gasteiger partial charge on any atom is -0.449 e. The van der Waals surface area contributed by atoms with Gasteiger partial charge in [0.25, 0.3) is 5.24 Å². The van der Waals surface area contributed by atoms with Crippen molar-refractivity contribution in [1.82, 2.24) is 4.57 Å². The van der Waals surface area contributed by atoms with E-state index in [9.17, 15) is 4.79 Å². The Morgan fingerprint density at radius 2 is 2.06 bits per heavy atom. The van der Waals surface area contributed by atoms with Crippen molar-refractivity contribution in [3.63, 3.8) is 0 Å². The number of benzene rings is 1. The standard InChI is InChI=1S/C12H7Cl2NO2/c1-15-8-4-6(13)2-3-7(8)11-9(15)5-10(17-11)12(14)16/h2-5H,1H3. The van der Waals surface area contributed by atoms with Crippen LogP contribution in [0.2, 0.25) is 5.02 Å². The first-order valence-electron chi connectivity index (χ1n) is 4.95. The summed E-state index contributed by atoms with van der Waals surface area (Å²) < 4.78 is 7.38. The van der Waals surface area contributed by atoms with Gasteiger partial charge in [-0.25, -0.2) is 0 Å². The molecule has 0 amide bonds. The molecule has 3 aromatic rings. The minimum absolute atomic E-state index is 0.157. The van der Waals surface area contributed by atoms with E-state index in [1.807, 2.05) is 23.7 Å². The summed E-state index contributed by atoms with van der Waals surface area (Å²) >= 11 is 11.3. The Morgan fingerprint density at radius 1 is 1.29 bits per heavy atom. The Hall–Kier alpha value is -1.45. The second-order valence-corrected chi connectivity index (χ2v) is 4.60. The predicted octanol–water partition coefficient (Wildman–Crippen LogP) is 3.96. The molecule has 0 saturated heterocycles. The van der Waals surface area contributed by atoms with Gasteiger partial charge in [0.1, 0.15) is 0 Å². The van der Waals surface area contributed by atoms with Crippen molar-refractivity contribution in [2.75, 3.05) is 0 Å². The maximum Gasteiger partial charge on any atom is 0.287 e. The molecule has 3 nitrogen and oxygen atoms in total. The Balaban J connectivity index is 2.46. The largest absolute Gasteiger partial charge is 0.449 e. The molecule has 17 heavy (non-hydrogen) atoms. The highest BCUT2D eigenvalue weighted by Gasteiger charge is 2.16. The van der Waals surface area contributed by atoms with E-state index in [2.05, 4.69) is 0 Å². The van der Waals surface area contributed by atoms with Gasteiger partial charge in [0, 0.05) is 23.5 Å². The molecule has 2 heterocycles. The smallest absolute Gasteiger partial charge is 0.287 e. The van der Waals surface area contributed by atoms with Crippen LogP contribution in [0.3, 0.4) is 0 Å². The van der Waals surface area contributed by atoms with Crippen LogP contribution in [0.4, 0.5) is 0 Å². The van der Waals surface area contributed by atoms with Gasteiger partial charge in [0.15, 0.2) is 11.3 Å². The van der Waals surface area contributed by atoms with Gasteiger partial charge in [-0.3, -0.25) is 4.79 Å². The topological polar surface area (TPSA) is 35.1 Å². The van der Waals surface area contributed by atoms with Crippen LogP contribution in [-0.2, 0) is 7.05 Å². The third-order valence-corrected chi connectivity index (χ3v) is 3.25. The van der Waals surface area contributed by atoms with Crippen molar-refractivity contribution in [3.8, 4) is 0 Å². The number of fused-ring (bicyclic) bond motifs is 3. The molecule has 0 unspecified atom stereocenters. The molecule has 0 N–H and O–H groups in total. The van der Waals surface area contributed by atoms with Gasteiger partial charge >= 0.3 is 0 Å². The van der Waals surface area contributed by atoms with Crippen molar-refractivity contribution in [2.24, 2.45) is 7.05 Å². The van der Waals surface area contributed by atoms with Crippen molar-refractivity contribution < 1.29 is 9.21 Å². The molecule has 1 aromatic carbocycles. The lowest BCUT2D eigenvalue weighted by atomic mass is 10.2. The number of rotatable bonds is 1. The molecule has 3 rings (SSSR count). The van der Waals surface area contributed by atoms with E-state index in [4.69, 9.17) is 27.6 Å². The molecular weight excluding hydrogens is 261 g/mol. The molecule has 0 spiro atoms. The van der Waals surface area contributed by atoms with Crippen LogP contribution in [0.1, 0.15) is 10.6 Å². The van der Waals surface area contributed by atoms with Gasteiger partial charge in [0.2, 0.25) is 0 Å². The van der Waals surface area contributed by atoms with E-state index < -0.39 is 5.24 Å². The number of hydrogen-bond acceptors (Lipinski definition) is 2. The van der Waals surface area contributed by atoms with Gasteiger partial charge in [-0.15, -0.1) is 0 Å². The number of aryl methyl sites for hydroxylation is 1. The monoisotopic (exact) mass is 267 g/mol. The minimum atomic E-state index is -0.594. The summed E-state index contributed by atoms with van der Waals surface area (Å²) in [5, 5.41) is 0.980. The average Bonchev–Trinajstić information content (AvgIpc) is 2.80. The summed E-state index contributed by atoms with van der Waals surface area (Å²) in [6.07, 6.45) is 0. The molecule has 0 bridgehead atoms. The summed E-state index contributed by atoms with van der Waals surface area (Å²) in [6, 6.07) is 7.15. The summed E-state index contributed by atoms with van der Waals surface area (Å²) in [4.78, 5) is 11.1. The maximum absolute atomic E-state index is 11.1. The number of hydrogen-bond donors (Lipinski definition) is 0. The molecule has 0 radical (unpaired) electrons. The summed E-state index contributed by atoms with van der Waals surface area (Å²) in [7, 11) is 1.89. The van der Waals surface area contributed by atoms with Crippen LogP contribution in [-0.4, -0.2) is 9.81 Å². The second-order valence-electron chi connectivity index (χ2n) is 3.82. The summed E-state index contributed by atoms with van der Waals surface area (Å²) in [5.74, 6) is 0.157. The molecular formula is C12H7Cl2NO2. The van der Waals surface area contributed by atoms with Gasteiger partial charge in [-0.05, 0) is 29.8 Å². The lowest BCUT2D eigenvalue weighted by Crippen LogP contribution is -1.87. The third kappa shape index (κ3) is 1.47. The summed E-state index contributed by atoms with van der Waals surface area (Å²) in [6.45, 7) is 0. The molecule has 86 valence electrons. The molecule has 0 aliphatic carbocycles. The fourth-order valence-electron chi connectivity index (χ4n) is 2.02. The molecule has 0 atom stereocenters. The van der Waals surface area contributed by atoms with Crippen LogP contribution in [0, 0.1) is 0 Å². The van der Waals surface area contributed by atoms with Crippen molar-refractivity contribution in [1.29, 1.82) is 0 Å². The Bertz CT molecular complexity index is 755. The first-order chi connectivity index (χ1) is 8.08. The predicted molar refractivity (Wildman–Crippen MR) is 67.9 cm³/mol. The molecule has 0 saturated carbocycles. The lowest BCUT2D eigenvalue weighted by molar-refractivity contribution is 0.105. The number of furan rings is 1. The van der Waals surface area contributed by atoms with E-state index in [0.29, 0.717) is 10.6 Å². The molecule has 2 aromatic heterocycles. The van der Waals surface area contributed by atoms with E-state index in [0.717, 1.165) is 16.4 Å². The number of carbonyl (C=O) groups excluding carboxylic acids is 1. The van der Waals surface area contributed by atoms with Crippen molar-refractivity contribution >= 4 is 50.4 Å². The highest BCUT2D eigenvalue weighted by atomic mass is 35.5. The van der Waals surface area contributed by atoms with E-state index in [1.54, 1.807) is 12.1 Å². The molecule has 0 fully saturated rings. The highest BCUT2D eigenvalue weighted by molar-refractivity contribution is 6.67. The first-order valence-corrected chi connectivity index (χ1v) is 5.71. The summed E-state index contributed by atoms with van der Waals surface area (Å²) in [5.41, 5.74) is 2.44. The molecule has 0 aliphatic heterocycles.